The molecular weight excluding hydrogens is 372 g/mol. The second kappa shape index (κ2) is 7.49. The number of nitrogens with zero attached hydrogens (tertiary/aromatic N) is 2. The Labute approximate surface area is 157 Å². The zero-order valence-corrected chi connectivity index (χ0v) is 16.5. The first-order valence-electron chi connectivity index (χ1n) is 8.07. The number of sulfonamides is 1. The number of nitrogens with two attached hydrogens (primary N) is 1. The molecule has 3 N–H and O–H groups in total. The van der Waals surface area contributed by atoms with Gasteiger partial charge in [0.15, 0.2) is 6.10 Å². The molecule has 0 saturated heterocycles. The predicted molar refractivity (Wildman–Crippen MR) is 98.7 cm³/mol. The Morgan fingerprint density at radius 2 is 1.89 bits per heavy atom. The van der Waals surface area contributed by atoms with E-state index in [9.17, 15) is 18.0 Å². The minimum atomic E-state index is -3.98. The van der Waals surface area contributed by atoms with Gasteiger partial charge in [0.25, 0.3) is 5.91 Å². The lowest BCUT2D eigenvalue weighted by Gasteiger charge is -2.14. The van der Waals surface area contributed by atoms with Crippen LogP contribution in [0.5, 0.6) is 0 Å². The molecule has 0 aliphatic carbocycles. The maximum absolute atomic E-state index is 12.3. The number of esters is 1. The van der Waals surface area contributed by atoms with Crippen LogP contribution in [0.3, 0.4) is 0 Å². The Morgan fingerprint density at radius 1 is 1.26 bits per heavy atom. The first-order chi connectivity index (χ1) is 12.4. The highest BCUT2D eigenvalue weighted by Gasteiger charge is 2.23. The summed E-state index contributed by atoms with van der Waals surface area (Å²) in [5, 5.41) is 12.0. The standard InChI is InChI=1S/C17H22N4O5S/c1-9-6-7-13(8-14(9)27(18,24)25)17(23)26-12(4)16(22)19-15-10(2)20-21(5)11(15)3/h6-8,12H,1-5H3,(H,19,22)(H2,18,24,25). The molecule has 0 fully saturated rings. The number of aromatic nitrogens is 2. The van der Waals surface area contributed by atoms with Crippen molar-refractivity contribution in [1.82, 2.24) is 9.78 Å². The van der Waals surface area contributed by atoms with Gasteiger partial charge in [-0.3, -0.25) is 9.48 Å². The van der Waals surface area contributed by atoms with E-state index in [0.29, 0.717) is 16.9 Å². The highest BCUT2D eigenvalue weighted by Crippen LogP contribution is 2.20. The van der Waals surface area contributed by atoms with Crippen LogP contribution in [0.15, 0.2) is 23.1 Å². The number of carbonyl (C=O) groups excluding carboxylic acids is 2. The normalized spacial score (nSPS) is 12.5. The Bertz CT molecular complexity index is 1010. The van der Waals surface area contributed by atoms with Crippen LogP contribution >= 0.6 is 0 Å². The van der Waals surface area contributed by atoms with Crippen molar-refractivity contribution in [3.63, 3.8) is 0 Å². The largest absolute Gasteiger partial charge is 0.449 e. The highest BCUT2D eigenvalue weighted by molar-refractivity contribution is 7.89. The molecule has 0 radical (unpaired) electrons. The predicted octanol–water partition coefficient (Wildman–Crippen LogP) is 1.18. The highest BCUT2D eigenvalue weighted by atomic mass is 32.2. The van der Waals surface area contributed by atoms with Crippen molar-refractivity contribution in [2.24, 2.45) is 12.2 Å². The number of hydrogen-bond donors (Lipinski definition) is 2. The van der Waals surface area contributed by atoms with E-state index in [1.54, 1.807) is 32.5 Å². The van der Waals surface area contributed by atoms with Crippen LogP contribution in [-0.2, 0) is 26.6 Å². The molecule has 1 heterocycles. The Kier molecular flexibility index (Phi) is 5.71. The maximum atomic E-state index is 12.3. The van der Waals surface area contributed by atoms with Gasteiger partial charge >= 0.3 is 5.97 Å². The Hall–Kier alpha value is -2.72. The van der Waals surface area contributed by atoms with Crippen LogP contribution < -0.4 is 10.5 Å². The Balaban J connectivity index is 2.14. The lowest BCUT2D eigenvalue weighted by molar-refractivity contribution is -0.123. The summed E-state index contributed by atoms with van der Waals surface area (Å²) in [4.78, 5) is 24.4. The number of aryl methyl sites for hydroxylation is 3. The van der Waals surface area contributed by atoms with Crippen LogP contribution in [0.4, 0.5) is 5.69 Å². The van der Waals surface area contributed by atoms with Crippen LogP contribution in [-0.4, -0.2) is 36.2 Å². The topological polar surface area (TPSA) is 133 Å². The van der Waals surface area contributed by atoms with Crippen LogP contribution in [0.2, 0.25) is 0 Å². The van der Waals surface area contributed by atoms with E-state index in [4.69, 9.17) is 9.88 Å². The summed E-state index contributed by atoms with van der Waals surface area (Å²) in [6, 6.07) is 3.99. The smallest absolute Gasteiger partial charge is 0.338 e. The number of amides is 1. The fourth-order valence-corrected chi connectivity index (χ4v) is 3.30. The summed E-state index contributed by atoms with van der Waals surface area (Å²) in [6.07, 6.45) is -1.10. The SMILES string of the molecule is Cc1ccc(C(=O)OC(C)C(=O)Nc2c(C)nn(C)c2C)cc1S(N)(=O)=O. The molecule has 1 aromatic carbocycles. The molecule has 0 spiro atoms. The van der Waals surface area contributed by atoms with Crippen molar-refractivity contribution in [1.29, 1.82) is 0 Å². The van der Waals surface area contributed by atoms with E-state index < -0.39 is 28.0 Å². The van der Waals surface area contributed by atoms with E-state index in [-0.39, 0.29) is 10.5 Å². The van der Waals surface area contributed by atoms with Gasteiger partial charge in [0, 0.05) is 7.05 Å². The third-order valence-electron chi connectivity index (χ3n) is 4.14. The van der Waals surface area contributed by atoms with Crippen LogP contribution in [0.1, 0.15) is 34.2 Å². The number of benzene rings is 1. The van der Waals surface area contributed by atoms with E-state index in [0.717, 1.165) is 11.8 Å². The number of carbonyl (C=O) groups is 2. The minimum absolute atomic E-state index is 0.0157. The van der Waals surface area contributed by atoms with Gasteiger partial charge in [-0.15, -0.1) is 0 Å². The van der Waals surface area contributed by atoms with Crippen LogP contribution in [0, 0.1) is 20.8 Å². The van der Waals surface area contributed by atoms with E-state index in [1.165, 1.54) is 19.1 Å². The van der Waals surface area contributed by atoms with Crippen molar-refractivity contribution < 1.29 is 22.7 Å². The molecule has 1 atom stereocenters. The third-order valence-corrected chi connectivity index (χ3v) is 5.19. The van der Waals surface area contributed by atoms with Crippen molar-refractivity contribution in [3.8, 4) is 0 Å². The van der Waals surface area contributed by atoms with Gasteiger partial charge in [-0.2, -0.15) is 5.10 Å². The van der Waals surface area contributed by atoms with Gasteiger partial charge in [0.1, 0.15) is 0 Å². The molecular formula is C17H22N4O5S. The van der Waals surface area contributed by atoms with Crippen molar-refractivity contribution in [2.75, 3.05) is 5.32 Å². The first kappa shape index (κ1) is 20.6. The zero-order valence-electron chi connectivity index (χ0n) is 15.7. The maximum Gasteiger partial charge on any atom is 0.338 e. The number of ether oxygens (including phenoxy) is 1. The molecule has 9 nitrogen and oxygen atoms in total. The van der Waals surface area contributed by atoms with E-state index in [2.05, 4.69) is 10.4 Å². The second-order valence-electron chi connectivity index (χ2n) is 6.23. The quantitative estimate of drug-likeness (QED) is 0.732. The minimum Gasteiger partial charge on any atom is -0.449 e. The first-order valence-corrected chi connectivity index (χ1v) is 9.62. The summed E-state index contributed by atoms with van der Waals surface area (Å²) in [5.41, 5.74) is 2.34. The molecule has 0 bridgehead atoms. The second-order valence-corrected chi connectivity index (χ2v) is 7.76. The summed E-state index contributed by atoms with van der Waals surface area (Å²) in [7, 11) is -2.23. The monoisotopic (exact) mass is 394 g/mol. The Morgan fingerprint density at radius 3 is 2.41 bits per heavy atom. The molecule has 146 valence electrons. The van der Waals surface area contributed by atoms with Gasteiger partial charge in [-0.1, -0.05) is 6.07 Å². The number of primary sulfonamides is 1. The number of anilines is 1. The molecule has 1 aromatic heterocycles. The lowest BCUT2D eigenvalue weighted by atomic mass is 10.1. The molecule has 1 amide bonds. The van der Waals surface area contributed by atoms with Gasteiger partial charge < -0.3 is 10.1 Å². The van der Waals surface area contributed by atoms with Crippen molar-refractivity contribution in [2.45, 2.75) is 38.7 Å². The average molecular weight is 394 g/mol. The summed E-state index contributed by atoms with van der Waals surface area (Å²) < 4.78 is 29.9. The summed E-state index contributed by atoms with van der Waals surface area (Å²) in [5.74, 6) is -1.36. The van der Waals surface area contributed by atoms with E-state index in [1.807, 2.05) is 0 Å². The molecule has 10 heteroatoms. The lowest BCUT2D eigenvalue weighted by Crippen LogP contribution is -2.30. The van der Waals surface area contributed by atoms with Crippen molar-refractivity contribution in [3.05, 3.63) is 40.7 Å². The van der Waals surface area contributed by atoms with Crippen molar-refractivity contribution >= 4 is 27.6 Å². The molecule has 0 aliphatic rings. The van der Waals surface area contributed by atoms with Crippen LogP contribution in [0.25, 0.3) is 0 Å². The number of rotatable bonds is 5. The van der Waals surface area contributed by atoms with Gasteiger partial charge in [-0.25, -0.2) is 18.4 Å². The third kappa shape index (κ3) is 4.52. The summed E-state index contributed by atoms with van der Waals surface area (Å²) in [6.45, 7) is 6.53. The number of nitrogens with one attached hydrogen (secondary N) is 1. The zero-order chi connectivity index (χ0) is 20.5. The molecule has 2 rings (SSSR count). The number of hydrogen-bond acceptors (Lipinski definition) is 6. The molecule has 0 aliphatic heterocycles. The molecule has 0 saturated carbocycles. The molecule has 27 heavy (non-hydrogen) atoms. The van der Waals surface area contributed by atoms with E-state index >= 15 is 0 Å². The summed E-state index contributed by atoms with van der Waals surface area (Å²) >= 11 is 0. The molecule has 2 aromatic rings. The van der Waals surface area contributed by atoms with Gasteiger partial charge in [-0.05, 0) is 45.4 Å². The molecule has 1 unspecified atom stereocenters. The van der Waals surface area contributed by atoms with Gasteiger partial charge in [0.05, 0.1) is 27.5 Å². The van der Waals surface area contributed by atoms with Gasteiger partial charge in [0.2, 0.25) is 10.0 Å². The fraction of sp³-hybridized carbons (Fsp3) is 0.353. The average Bonchev–Trinajstić information content (AvgIpc) is 2.80. The fourth-order valence-electron chi connectivity index (χ4n) is 2.50.